The van der Waals surface area contributed by atoms with E-state index in [9.17, 15) is 4.79 Å². The fraction of sp³-hybridized carbons (Fsp3) is 0.562. The van der Waals surface area contributed by atoms with E-state index in [1.807, 2.05) is 43.9 Å². The van der Waals surface area contributed by atoms with Crippen molar-refractivity contribution >= 4 is 25.0 Å². The number of carbonyl (C=O) groups excluding carboxylic acids is 1. The van der Waals surface area contributed by atoms with Gasteiger partial charge in [-0.1, -0.05) is 24.3 Å². The zero-order valence-corrected chi connectivity index (χ0v) is 12.0. The molecule has 105 valence electrons. The van der Waals surface area contributed by atoms with Crippen molar-refractivity contribution in [2.24, 2.45) is 0 Å². The van der Waals surface area contributed by atoms with Gasteiger partial charge in [0.15, 0.2) is 0 Å². The van der Waals surface area contributed by atoms with Gasteiger partial charge in [0, 0.05) is 13.1 Å². The van der Waals surface area contributed by atoms with E-state index in [4.69, 9.17) is 4.74 Å². The summed E-state index contributed by atoms with van der Waals surface area (Å²) in [5.74, 6) is 0.514. The summed E-state index contributed by atoms with van der Waals surface area (Å²) in [6, 6.07) is 11.4. The van der Waals surface area contributed by atoms with Crippen LogP contribution in [0.15, 0.2) is 24.3 Å². The number of piperidine rings is 1. The molecular formula is C16H23LiNO2. The Morgan fingerprint density at radius 3 is 2.45 bits per heavy atom. The SMILES string of the molecule is CC(C)(C)OC(=O)N1CCC(c2[c]cccc2)CC1.[LiH]. The Morgan fingerprint density at radius 2 is 1.95 bits per heavy atom. The molecule has 0 unspecified atom stereocenters. The molecule has 0 atom stereocenters. The Balaban J connectivity index is 0.00000200. The van der Waals surface area contributed by atoms with Gasteiger partial charge in [0.25, 0.3) is 0 Å². The first-order valence-electron chi connectivity index (χ1n) is 6.90. The van der Waals surface area contributed by atoms with E-state index in [-0.39, 0.29) is 25.0 Å². The number of rotatable bonds is 1. The third-order valence-corrected chi connectivity index (χ3v) is 3.32. The first-order chi connectivity index (χ1) is 8.96. The Kier molecular flexibility index (Phi) is 6.17. The molecule has 0 spiro atoms. The number of hydrogen-bond acceptors (Lipinski definition) is 2. The van der Waals surface area contributed by atoms with Gasteiger partial charge in [0.1, 0.15) is 5.60 Å². The van der Waals surface area contributed by atoms with Gasteiger partial charge in [-0.05, 0) is 51.2 Å². The van der Waals surface area contributed by atoms with Crippen LogP contribution >= 0.6 is 0 Å². The van der Waals surface area contributed by atoms with E-state index in [2.05, 4.69) is 12.1 Å². The van der Waals surface area contributed by atoms with Crippen LogP contribution in [-0.2, 0) is 4.74 Å². The molecular weight excluding hydrogens is 245 g/mol. The van der Waals surface area contributed by atoms with Crippen molar-refractivity contribution in [2.45, 2.75) is 45.1 Å². The molecule has 1 fully saturated rings. The van der Waals surface area contributed by atoms with Crippen LogP contribution in [0.25, 0.3) is 0 Å². The molecule has 1 aromatic carbocycles. The summed E-state index contributed by atoms with van der Waals surface area (Å²) < 4.78 is 5.40. The summed E-state index contributed by atoms with van der Waals surface area (Å²) in [5.41, 5.74) is 0.840. The minimum atomic E-state index is -0.416. The summed E-state index contributed by atoms with van der Waals surface area (Å²) in [4.78, 5) is 13.8. The Morgan fingerprint density at radius 1 is 1.30 bits per heavy atom. The molecule has 20 heavy (non-hydrogen) atoms. The molecule has 0 N–H and O–H groups in total. The van der Waals surface area contributed by atoms with Crippen LogP contribution in [0.4, 0.5) is 4.79 Å². The first kappa shape index (κ1) is 17.1. The molecule has 0 aromatic heterocycles. The van der Waals surface area contributed by atoms with Crippen LogP contribution in [0, 0.1) is 6.07 Å². The van der Waals surface area contributed by atoms with E-state index >= 15 is 0 Å². The number of benzene rings is 1. The Labute approximate surface area is 133 Å². The third-order valence-electron chi connectivity index (χ3n) is 3.32. The second kappa shape index (κ2) is 7.20. The van der Waals surface area contributed by atoms with Crippen LogP contribution in [0.2, 0.25) is 0 Å². The van der Waals surface area contributed by atoms with Gasteiger partial charge in [-0.3, -0.25) is 0 Å². The maximum atomic E-state index is 12.0. The van der Waals surface area contributed by atoms with Crippen molar-refractivity contribution < 1.29 is 9.53 Å². The normalized spacial score (nSPS) is 16.4. The summed E-state index contributed by atoms with van der Waals surface area (Å²) in [5, 5.41) is 0. The van der Waals surface area contributed by atoms with Crippen molar-refractivity contribution in [1.82, 2.24) is 4.90 Å². The number of likely N-dealkylation sites (tertiary alicyclic amines) is 1. The Bertz CT molecular complexity index is 420. The van der Waals surface area contributed by atoms with Crippen molar-refractivity contribution in [1.29, 1.82) is 0 Å². The number of carbonyl (C=O) groups is 1. The van der Waals surface area contributed by atoms with Crippen LogP contribution in [0.5, 0.6) is 0 Å². The molecule has 1 radical (unpaired) electrons. The predicted octanol–water partition coefficient (Wildman–Crippen LogP) is 2.95. The van der Waals surface area contributed by atoms with Gasteiger partial charge in [-0.15, -0.1) is 0 Å². The van der Waals surface area contributed by atoms with Gasteiger partial charge in [0.05, 0.1) is 0 Å². The predicted molar refractivity (Wildman–Crippen MR) is 82.2 cm³/mol. The number of amides is 1. The summed E-state index contributed by atoms with van der Waals surface area (Å²) in [6.45, 7) is 7.23. The monoisotopic (exact) mass is 268 g/mol. The van der Waals surface area contributed by atoms with Crippen LogP contribution in [-0.4, -0.2) is 48.5 Å². The van der Waals surface area contributed by atoms with Gasteiger partial charge >= 0.3 is 25.0 Å². The number of ether oxygens (including phenoxy) is 1. The topological polar surface area (TPSA) is 29.5 Å². The molecule has 1 saturated heterocycles. The van der Waals surface area contributed by atoms with Gasteiger partial charge < -0.3 is 9.64 Å². The third kappa shape index (κ3) is 4.89. The molecule has 1 aromatic rings. The maximum absolute atomic E-state index is 12.0. The second-order valence-electron chi connectivity index (χ2n) is 6.06. The molecule has 1 amide bonds. The fourth-order valence-electron chi connectivity index (χ4n) is 2.36. The molecule has 1 heterocycles. The van der Waals surface area contributed by atoms with E-state index < -0.39 is 5.60 Å². The molecule has 3 nitrogen and oxygen atoms in total. The quantitative estimate of drug-likeness (QED) is 0.733. The van der Waals surface area contributed by atoms with Crippen molar-refractivity contribution in [2.75, 3.05) is 13.1 Å². The van der Waals surface area contributed by atoms with E-state index in [0.29, 0.717) is 5.92 Å². The van der Waals surface area contributed by atoms with Gasteiger partial charge in [-0.25, -0.2) is 4.79 Å². The molecule has 0 saturated carbocycles. The molecule has 4 heteroatoms. The van der Waals surface area contributed by atoms with Crippen LogP contribution in [0.1, 0.15) is 45.1 Å². The fourth-order valence-corrected chi connectivity index (χ4v) is 2.36. The van der Waals surface area contributed by atoms with Crippen molar-refractivity contribution in [3.63, 3.8) is 0 Å². The summed E-state index contributed by atoms with van der Waals surface area (Å²) in [6.07, 6.45) is 1.78. The minimum absolute atomic E-state index is 0. The van der Waals surface area contributed by atoms with Crippen molar-refractivity contribution in [3.8, 4) is 0 Å². The van der Waals surface area contributed by atoms with Crippen LogP contribution in [0.3, 0.4) is 0 Å². The van der Waals surface area contributed by atoms with Crippen LogP contribution < -0.4 is 0 Å². The average Bonchev–Trinajstić information content (AvgIpc) is 2.38. The van der Waals surface area contributed by atoms with Gasteiger partial charge in [0.2, 0.25) is 0 Å². The van der Waals surface area contributed by atoms with E-state index in [0.717, 1.165) is 25.9 Å². The standard InChI is InChI=1S/C16H22NO2.Li.H/c1-16(2,3)19-15(18)17-11-9-14(10-12-17)13-7-5-4-6-8-13;;/h4-7,14H,9-12H2,1-3H3;;. The van der Waals surface area contributed by atoms with E-state index in [1.54, 1.807) is 0 Å². The Hall–Kier alpha value is -0.913. The number of nitrogens with zero attached hydrogens (tertiary/aromatic N) is 1. The molecule has 0 aliphatic carbocycles. The van der Waals surface area contributed by atoms with Crippen molar-refractivity contribution in [3.05, 3.63) is 35.9 Å². The molecule has 1 aliphatic rings. The second-order valence-corrected chi connectivity index (χ2v) is 6.06. The zero-order valence-electron chi connectivity index (χ0n) is 12.0. The molecule has 0 bridgehead atoms. The van der Waals surface area contributed by atoms with E-state index in [1.165, 1.54) is 5.56 Å². The number of hydrogen-bond donors (Lipinski definition) is 0. The summed E-state index contributed by atoms with van der Waals surface area (Å²) >= 11 is 0. The summed E-state index contributed by atoms with van der Waals surface area (Å²) in [7, 11) is 0. The molecule has 2 rings (SSSR count). The zero-order chi connectivity index (χ0) is 13.9. The van der Waals surface area contributed by atoms with Gasteiger partial charge in [-0.2, -0.15) is 0 Å². The average molecular weight is 268 g/mol. The first-order valence-corrected chi connectivity index (χ1v) is 6.90. The molecule has 1 aliphatic heterocycles.